The van der Waals surface area contributed by atoms with E-state index in [1.807, 2.05) is 48.4 Å². The number of hydrogen-bond acceptors (Lipinski definition) is 5. The van der Waals surface area contributed by atoms with Gasteiger partial charge in [0.05, 0.1) is 5.69 Å². The minimum atomic E-state index is -1.18. The maximum Gasteiger partial charge on any atom is 0.325 e. The highest BCUT2D eigenvalue weighted by Gasteiger charge is 2.58. The van der Waals surface area contributed by atoms with E-state index in [-0.39, 0.29) is 29.7 Å². The molecule has 4 heterocycles. The second-order valence-electron chi connectivity index (χ2n) is 8.65. The van der Waals surface area contributed by atoms with E-state index in [1.165, 1.54) is 4.90 Å². The summed E-state index contributed by atoms with van der Waals surface area (Å²) in [4.78, 5) is 48.3. The molecule has 170 valence electrons. The van der Waals surface area contributed by atoms with Gasteiger partial charge in [-0.2, -0.15) is 0 Å². The van der Waals surface area contributed by atoms with Crippen molar-refractivity contribution in [2.24, 2.45) is 11.8 Å². The number of rotatable bonds is 7. The number of nitrogens with one attached hydrogen (secondary N) is 1. The van der Waals surface area contributed by atoms with Crippen LogP contribution in [0, 0.1) is 11.8 Å². The molecular formula is C24H30N4O3S. The average Bonchev–Trinajstić information content (AvgIpc) is 3.44. The van der Waals surface area contributed by atoms with Crippen LogP contribution in [-0.4, -0.2) is 52.3 Å². The average molecular weight is 455 g/mol. The van der Waals surface area contributed by atoms with Gasteiger partial charge in [0, 0.05) is 42.5 Å². The fraction of sp³-hybridized carbons (Fsp3) is 0.500. The van der Waals surface area contributed by atoms with Gasteiger partial charge in [0.25, 0.3) is 5.91 Å². The largest absolute Gasteiger partial charge is 0.342 e. The summed E-state index contributed by atoms with van der Waals surface area (Å²) >= 11 is 1.62. The summed E-state index contributed by atoms with van der Waals surface area (Å²) in [5.74, 6) is -0.194. The molecular weight excluding hydrogens is 424 g/mol. The van der Waals surface area contributed by atoms with Crippen LogP contribution >= 0.6 is 11.3 Å². The van der Waals surface area contributed by atoms with Crippen LogP contribution in [0.3, 0.4) is 0 Å². The van der Waals surface area contributed by atoms with Gasteiger partial charge < -0.3 is 10.2 Å². The van der Waals surface area contributed by atoms with Crippen molar-refractivity contribution in [3.05, 3.63) is 52.5 Å². The molecule has 2 aromatic rings. The Morgan fingerprint density at radius 3 is 2.66 bits per heavy atom. The summed E-state index contributed by atoms with van der Waals surface area (Å²) in [5.41, 5.74) is -0.608. The Labute approximate surface area is 192 Å². The van der Waals surface area contributed by atoms with Gasteiger partial charge in [0.1, 0.15) is 0 Å². The number of imide groups is 1. The normalized spacial score (nSPS) is 22.8. The molecule has 2 aliphatic heterocycles. The van der Waals surface area contributed by atoms with E-state index in [0.29, 0.717) is 44.6 Å². The molecule has 7 nitrogen and oxygen atoms in total. The zero-order valence-corrected chi connectivity index (χ0v) is 19.4. The summed E-state index contributed by atoms with van der Waals surface area (Å²) in [6.07, 6.45) is 4.39. The van der Waals surface area contributed by atoms with Crippen molar-refractivity contribution in [3.8, 4) is 0 Å². The first kappa shape index (κ1) is 22.5. The number of pyridine rings is 1. The predicted molar refractivity (Wildman–Crippen MR) is 123 cm³/mol. The molecule has 0 unspecified atom stereocenters. The zero-order chi connectivity index (χ0) is 22.7. The lowest BCUT2D eigenvalue weighted by Crippen LogP contribution is -2.55. The van der Waals surface area contributed by atoms with E-state index in [9.17, 15) is 14.4 Å². The molecule has 2 aliphatic rings. The summed E-state index contributed by atoms with van der Waals surface area (Å²) < 4.78 is 0. The Hall–Kier alpha value is -2.74. The predicted octanol–water partition coefficient (Wildman–Crippen LogP) is 3.42. The number of carbonyl (C=O) groups excluding carboxylic acids is 3. The SMILES string of the molecule is CC[C@@H](C)C(=O)N1CCC([C@]2(c3ccccn3)NC(=O)N(CCc3cccs3)C2=O)CC1. The third kappa shape index (κ3) is 4.03. The molecule has 0 bridgehead atoms. The lowest BCUT2D eigenvalue weighted by Gasteiger charge is -2.41. The Morgan fingerprint density at radius 2 is 2.03 bits per heavy atom. The molecule has 0 spiro atoms. The molecule has 2 aromatic heterocycles. The number of aromatic nitrogens is 1. The highest BCUT2D eigenvalue weighted by atomic mass is 32.1. The molecule has 4 amide bonds. The Balaban J connectivity index is 1.57. The van der Waals surface area contributed by atoms with Gasteiger partial charge in [-0.1, -0.05) is 26.0 Å². The van der Waals surface area contributed by atoms with Crippen LogP contribution in [-0.2, 0) is 21.5 Å². The van der Waals surface area contributed by atoms with E-state index in [2.05, 4.69) is 10.3 Å². The molecule has 2 saturated heterocycles. The Morgan fingerprint density at radius 1 is 1.25 bits per heavy atom. The second kappa shape index (κ2) is 9.40. The number of piperidine rings is 1. The van der Waals surface area contributed by atoms with Crippen LogP contribution in [0.2, 0.25) is 0 Å². The van der Waals surface area contributed by atoms with Gasteiger partial charge in [0.2, 0.25) is 5.91 Å². The smallest absolute Gasteiger partial charge is 0.325 e. The van der Waals surface area contributed by atoms with E-state index >= 15 is 0 Å². The zero-order valence-electron chi connectivity index (χ0n) is 18.6. The number of hydrogen-bond donors (Lipinski definition) is 1. The van der Waals surface area contributed by atoms with Crippen molar-refractivity contribution in [2.75, 3.05) is 19.6 Å². The monoisotopic (exact) mass is 454 g/mol. The number of likely N-dealkylation sites (tertiary alicyclic amines) is 1. The van der Waals surface area contributed by atoms with E-state index in [4.69, 9.17) is 0 Å². The van der Waals surface area contributed by atoms with E-state index < -0.39 is 5.54 Å². The van der Waals surface area contributed by atoms with Crippen LogP contribution in [0.5, 0.6) is 0 Å². The minimum Gasteiger partial charge on any atom is -0.342 e. The Kier molecular flexibility index (Phi) is 6.60. The third-order valence-electron chi connectivity index (χ3n) is 6.82. The van der Waals surface area contributed by atoms with Gasteiger partial charge in [-0.05, 0) is 49.3 Å². The summed E-state index contributed by atoms with van der Waals surface area (Å²) in [5, 5.41) is 5.03. The second-order valence-corrected chi connectivity index (χ2v) is 9.68. The molecule has 0 saturated carbocycles. The maximum absolute atomic E-state index is 13.8. The molecule has 0 aromatic carbocycles. The fourth-order valence-corrected chi connectivity index (χ4v) is 5.45. The number of nitrogens with zero attached hydrogens (tertiary/aromatic N) is 3. The molecule has 0 aliphatic carbocycles. The van der Waals surface area contributed by atoms with Gasteiger partial charge in [-0.3, -0.25) is 19.5 Å². The summed E-state index contributed by atoms with van der Waals surface area (Å²) in [6, 6.07) is 9.09. The van der Waals surface area contributed by atoms with Crippen molar-refractivity contribution in [1.29, 1.82) is 0 Å². The molecule has 32 heavy (non-hydrogen) atoms. The summed E-state index contributed by atoms with van der Waals surface area (Å²) in [7, 11) is 0. The highest BCUT2D eigenvalue weighted by Crippen LogP contribution is 2.41. The van der Waals surface area contributed by atoms with E-state index in [1.54, 1.807) is 23.6 Å². The van der Waals surface area contributed by atoms with Crippen molar-refractivity contribution < 1.29 is 14.4 Å². The van der Waals surface area contributed by atoms with Crippen molar-refractivity contribution in [2.45, 2.75) is 45.1 Å². The number of carbonyl (C=O) groups is 3. The van der Waals surface area contributed by atoms with Crippen LogP contribution in [0.1, 0.15) is 43.7 Å². The molecule has 2 fully saturated rings. The first-order chi connectivity index (χ1) is 15.5. The van der Waals surface area contributed by atoms with Gasteiger partial charge in [0.15, 0.2) is 5.54 Å². The first-order valence-electron chi connectivity index (χ1n) is 11.3. The quantitative estimate of drug-likeness (QED) is 0.650. The molecule has 4 rings (SSSR count). The van der Waals surface area contributed by atoms with Gasteiger partial charge in [-0.15, -0.1) is 11.3 Å². The topological polar surface area (TPSA) is 82.6 Å². The van der Waals surface area contributed by atoms with E-state index in [0.717, 1.165) is 11.3 Å². The standard InChI is InChI=1S/C24H30N4O3S/c1-3-17(2)21(29)27-13-9-18(10-14-27)24(20-8-4-5-12-25-20)22(30)28(23(31)26-24)15-11-19-7-6-16-32-19/h4-8,12,16-18H,3,9-11,13-15H2,1-2H3,(H,26,31)/t17-,24-/m1/s1. The van der Waals surface area contributed by atoms with Crippen LogP contribution in [0.25, 0.3) is 0 Å². The molecule has 0 radical (unpaired) electrons. The van der Waals surface area contributed by atoms with Crippen molar-refractivity contribution in [1.82, 2.24) is 20.1 Å². The Bertz CT molecular complexity index is 957. The number of urea groups is 1. The van der Waals surface area contributed by atoms with Crippen LogP contribution in [0.4, 0.5) is 4.79 Å². The van der Waals surface area contributed by atoms with Crippen LogP contribution < -0.4 is 5.32 Å². The molecule has 2 atom stereocenters. The third-order valence-corrected chi connectivity index (χ3v) is 7.75. The summed E-state index contributed by atoms with van der Waals surface area (Å²) in [6.45, 7) is 5.48. The van der Waals surface area contributed by atoms with Gasteiger partial charge >= 0.3 is 6.03 Å². The lowest BCUT2D eigenvalue weighted by molar-refractivity contribution is -0.138. The number of thiophene rings is 1. The van der Waals surface area contributed by atoms with Crippen LogP contribution in [0.15, 0.2) is 41.9 Å². The molecule has 1 N–H and O–H groups in total. The highest BCUT2D eigenvalue weighted by molar-refractivity contribution is 7.09. The van der Waals surface area contributed by atoms with Crippen molar-refractivity contribution >= 4 is 29.2 Å². The first-order valence-corrected chi connectivity index (χ1v) is 12.2. The minimum absolute atomic E-state index is 0.00291. The lowest BCUT2D eigenvalue weighted by atomic mass is 9.75. The number of amides is 4. The van der Waals surface area contributed by atoms with Crippen molar-refractivity contribution in [3.63, 3.8) is 0 Å². The maximum atomic E-state index is 13.8. The van der Waals surface area contributed by atoms with Gasteiger partial charge in [-0.25, -0.2) is 4.79 Å². The fourth-order valence-electron chi connectivity index (χ4n) is 4.75. The molecule has 8 heteroatoms.